The van der Waals surface area contributed by atoms with Gasteiger partial charge in [-0.2, -0.15) is 4.98 Å². The van der Waals surface area contributed by atoms with Crippen molar-refractivity contribution in [3.8, 4) is 5.88 Å². The Kier molecular flexibility index (Phi) is 3.68. The summed E-state index contributed by atoms with van der Waals surface area (Å²) in [4.78, 5) is 8.44. The maximum atomic E-state index is 5.28. The molecule has 13 heavy (non-hydrogen) atoms. The third-order valence-electron chi connectivity index (χ3n) is 1.56. The van der Waals surface area contributed by atoms with Crippen molar-refractivity contribution < 1.29 is 4.74 Å². The summed E-state index contributed by atoms with van der Waals surface area (Å²) in [6.07, 6.45) is 2.65. The lowest BCUT2D eigenvalue weighted by atomic mass is 10.1. The number of aromatic nitrogens is 2. The van der Waals surface area contributed by atoms with E-state index >= 15 is 0 Å². The quantitative estimate of drug-likeness (QED) is 0.711. The van der Waals surface area contributed by atoms with Crippen LogP contribution in [0.25, 0.3) is 0 Å². The standard InChI is InChI=1S/C10H16N2O/c1-4-13-10-5-6-11-9(12-10)7-8(2)3/h5-6,8H,4,7H2,1-3H3. The van der Waals surface area contributed by atoms with Crippen LogP contribution in [-0.2, 0) is 6.42 Å². The molecule has 0 spiro atoms. The minimum atomic E-state index is 0.580. The van der Waals surface area contributed by atoms with Crippen molar-refractivity contribution in [1.29, 1.82) is 0 Å². The molecule has 1 heterocycles. The van der Waals surface area contributed by atoms with Gasteiger partial charge in [0.15, 0.2) is 0 Å². The lowest BCUT2D eigenvalue weighted by Crippen LogP contribution is -2.02. The monoisotopic (exact) mass is 180 g/mol. The zero-order valence-electron chi connectivity index (χ0n) is 8.45. The molecule has 1 aromatic heterocycles. The van der Waals surface area contributed by atoms with Gasteiger partial charge in [-0.1, -0.05) is 13.8 Å². The van der Waals surface area contributed by atoms with E-state index in [2.05, 4.69) is 23.8 Å². The van der Waals surface area contributed by atoms with E-state index in [0.717, 1.165) is 12.2 Å². The number of hydrogen-bond donors (Lipinski definition) is 0. The predicted molar refractivity (Wildman–Crippen MR) is 51.7 cm³/mol. The van der Waals surface area contributed by atoms with E-state index in [9.17, 15) is 0 Å². The second kappa shape index (κ2) is 4.80. The summed E-state index contributed by atoms with van der Waals surface area (Å²) < 4.78 is 5.28. The predicted octanol–water partition coefficient (Wildman–Crippen LogP) is 2.07. The van der Waals surface area contributed by atoms with Gasteiger partial charge >= 0.3 is 0 Å². The molecule has 3 heteroatoms. The highest BCUT2D eigenvalue weighted by Crippen LogP contribution is 2.08. The fourth-order valence-electron chi connectivity index (χ4n) is 1.07. The van der Waals surface area contributed by atoms with Crippen LogP contribution in [0.15, 0.2) is 12.3 Å². The van der Waals surface area contributed by atoms with Gasteiger partial charge in [0.05, 0.1) is 6.61 Å². The minimum Gasteiger partial charge on any atom is -0.478 e. The summed E-state index contributed by atoms with van der Waals surface area (Å²) in [5, 5.41) is 0. The summed E-state index contributed by atoms with van der Waals surface area (Å²) in [5.74, 6) is 2.12. The Hall–Kier alpha value is -1.12. The molecule has 1 aromatic rings. The van der Waals surface area contributed by atoms with Crippen LogP contribution < -0.4 is 4.74 Å². The zero-order valence-corrected chi connectivity index (χ0v) is 8.45. The third-order valence-corrected chi connectivity index (χ3v) is 1.56. The van der Waals surface area contributed by atoms with Crippen LogP contribution in [0.2, 0.25) is 0 Å². The first-order chi connectivity index (χ1) is 6.22. The average Bonchev–Trinajstić information content (AvgIpc) is 2.04. The summed E-state index contributed by atoms with van der Waals surface area (Å²) >= 11 is 0. The summed E-state index contributed by atoms with van der Waals surface area (Å²) in [7, 11) is 0. The first kappa shape index (κ1) is 9.96. The Morgan fingerprint density at radius 3 is 2.85 bits per heavy atom. The van der Waals surface area contributed by atoms with Crippen molar-refractivity contribution >= 4 is 0 Å². The third kappa shape index (κ3) is 3.40. The van der Waals surface area contributed by atoms with Crippen LogP contribution in [0.4, 0.5) is 0 Å². The van der Waals surface area contributed by atoms with Gasteiger partial charge in [0.1, 0.15) is 5.82 Å². The molecule has 1 rings (SSSR count). The van der Waals surface area contributed by atoms with Gasteiger partial charge < -0.3 is 4.74 Å². The van der Waals surface area contributed by atoms with Crippen LogP contribution in [0.1, 0.15) is 26.6 Å². The highest BCUT2D eigenvalue weighted by Gasteiger charge is 2.01. The number of ether oxygens (including phenoxy) is 1. The molecular formula is C10H16N2O. The van der Waals surface area contributed by atoms with E-state index in [1.807, 2.05) is 6.92 Å². The molecule has 0 fully saturated rings. The maximum Gasteiger partial charge on any atom is 0.216 e. The van der Waals surface area contributed by atoms with E-state index in [1.165, 1.54) is 0 Å². The molecule has 0 aliphatic rings. The van der Waals surface area contributed by atoms with Crippen LogP contribution in [0.5, 0.6) is 5.88 Å². The highest BCUT2D eigenvalue weighted by atomic mass is 16.5. The Morgan fingerprint density at radius 1 is 1.46 bits per heavy atom. The average molecular weight is 180 g/mol. The molecule has 0 radical (unpaired) electrons. The van der Waals surface area contributed by atoms with Crippen LogP contribution in [-0.4, -0.2) is 16.6 Å². The van der Waals surface area contributed by atoms with E-state index in [1.54, 1.807) is 12.3 Å². The molecular weight excluding hydrogens is 164 g/mol. The Labute approximate surface area is 79.2 Å². The van der Waals surface area contributed by atoms with Crippen molar-refractivity contribution in [2.24, 2.45) is 5.92 Å². The highest BCUT2D eigenvalue weighted by molar-refractivity contribution is 5.08. The molecule has 0 saturated heterocycles. The topological polar surface area (TPSA) is 35.0 Å². The molecule has 3 nitrogen and oxygen atoms in total. The molecule has 0 unspecified atom stereocenters. The van der Waals surface area contributed by atoms with E-state index in [4.69, 9.17) is 4.74 Å². The molecule has 72 valence electrons. The fourth-order valence-corrected chi connectivity index (χ4v) is 1.07. The van der Waals surface area contributed by atoms with Gasteiger partial charge in [-0.15, -0.1) is 0 Å². The van der Waals surface area contributed by atoms with Crippen molar-refractivity contribution in [3.05, 3.63) is 18.1 Å². The molecule has 0 amide bonds. The molecule has 0 N–H and O–H groups in total. The maximum absolute atomic E-state index is 5.28. The van der Waals surface area contributed by atoms with Crippen LogP contribution >= 0.6 is 0 Å². The summed E-state index contributed by atoms with van der Waals surface area (Å²) in [6, 6.07) is 1.79. The first-order valence-corrected chi connectivity index (χ1v) is 4.67. The summed E-state index contributed by atoms with van der Waals surface area (Å²) in [5.41, 5.74) is 0. The van der Waals surface area contributed by atoms with Gasteiger partial charge in [-0.3, -0.25) is 0 Å². The molecule has 0 aromatic carbocycles. The normalized spacial score (nSPS) is 10.5. The zero-order chi connectivity index (χ0) is 9.68. The Morgan fingerprint density at radius 2 is 2.23 bits per heavy atom. The molecule has 0 aliphatic heterocycles. The number of hydrogen-bond acceptors (Lipinski definition) is 3. The van der Waals surface area contributed by atoms with Crippen molar-refractivity contribution in [2.75, 3.05) is 6.61 Å². The largest absolute Gasteiger partial charge is 0.478 e. The second-order valence-corrected chi connectivity index (χ2v) is 3.34. The van der Waals surface area contributed by atoms with Gasteiger partial charge in [-0.25, -0.2) is 4.98 Å². The minimum absolute atomic E-state index is 0.580. The Balaban J connectivity index is 2.67. The molecule has 0 atom stereocenters. The fraction of sp³-hybridized carbons (Fsp3) is 0.600. The van der Waals surface area contributed by atoms with Crippen molar-refractivity contribution in [3.63, 3.8) is 0 Å². The van der Waals surface area contributed by atoms with Gasteiger partial charge in [-0.05, 0) is 12.8 Å². The number of nitrogens with zero attached hydrogens (tertiary/aromatic N) is 2. The Bertz CT molecular complexity index is 261. The lowest BCUT2D eigenvalue weighted by Gasteiger charge is -2.05. The molecule has 0 bridgehead atoms. The van der Waals surface area contributed by atoms with Gasteiger partial charge in [0.25, 0.3) is 0 Å². The van der Waals surface area contributed by atoms with Crippen LogP contribution in [0.3, 0.4) is 0 Å². The second-order valence-electron chi connectivity index (χ2n) is 3.34. The van der Waals surface area contributed by atoms with Gasteiger partial charge in [0, 0.05) is 18.7 Å². The SMILES string of the molecule is CCOc1ccnc(CC(C)C)n1. The lowest BCUT2D eigenvalue weighted by molar-refractivity contribution is 0.324. The van der Waals surface area contributed by atoms with Gasteiger partial charge in [0.2, 0.25) is 5.88 Å². The van der Waals surface area contributed by atoms with E-state index in [-0.39, 0.29) is 0 Å². The number of rotatable bonds is 4. The smallest absolute Gasteiger partial charge is 0.216 e. The van der Waals surface area contributed by atoms with E-state index in [0.29, 0.717) is 18.4 Å². The van der Waals surface area contributed by atoms with E-state index < -0.39 is 0 Å². The summed E-state index contributed by atoms with van der Waals surface area (Å²) in [6.45, 7) is 6.90. The van der Waals surface area contributed by atoms with Crippen molar-refractivity contribution in [2.45, 2.75) is 27.2 Å². The van der Waals surface area contributed by atoms with Crippen molar-refractivity contribution in [1.82, 2.24) is 9.97 Å². The molecule has 0 saturated carbocycles. The first-order valence-electron chi connectivity index (χ1n) is 4.67. The molecule has 0 aliphatic carbocycles. The van der Waals surface area contributed by atoms with Crippen LogP contribution in [0, 0.1) is 5.92 Å².